The van der Waals surface area contributed by atoms with E-state index in [-0.39, 0.29) is 32.0 Å². The third kappa shape index (κ3) is 3.97. The number of hydrogen-bond donors (Lipinski definition) is 1. The zero-order valence-corrected chi connectivity index (χ0v) is 16.5. The SMILES string of the molecule is O=C(Cn1nc2n(c1=O)CCN(Cc1ccccc1F)C2=O)Nc1cccc(Cl)c1. The Bertz CT molecular complexity index is 1190. The van der Waals surface area contributed by atoms with Crippen LogP contribution in [0.15, 0.2) is 53.3 Å². The van der Waals surface area contributed by atoms with E-state index in [9.17, 15) is 18.8 Å². The maximum Gasteiger partial charge on any atom is 0.346 e. The van der Waals surface area contributed by atoms with E-state index in [1.54, 1.807) is 42.5 Å². The molecule has 0 atom stereocenters. The van der Waals surface area contributed by atoms with Gasteiger partial charge < -0.3 is 10.2 Å². The van der Waals surface area contributed by atoms with Crippen LogP contribution in [0.2, 0.25) is 5.02 Å². The minimum atomic E-state index is -0.551. The summed E-state index contributed by atoms with van der Waals surface area (Å²) in [4.78, 5) is 39.0. The third-order valence-corrected chi connectivity index (χ3v) is 4.95. The number of rotatable bonds is 5. The van der Waals surface area contributed by atoms with Gasteiger partial charge in [-0.05, 0) is 24.3 Å². The fraction of sp³-hybridized carbons (Fsp3) is 0.200. The second-order valence-electron chi connectivity index (χ2n) is 6.79. The number of benzene rings is 2. The van der Waals surface area contributed by atoms with Crippen LogP contribution in [0.4, 0.5) is 10.1 Å². The summed E-state index contributed by atoms with van der Waals surface area (Å²) in [6, 6.07) is 12.8. The summed E-state index contributed by atoms with van der Waals surface area (Å²) in [7, 11) is 0. The minimum Gasteiger partial charge on any atom is -0.330 e. The van der Waals surface area contributed by atoms with Crippen LogP contribution in [0.5, 0.6) is 0 Å². The summed E-state index contributed by atoms with van der Waals surface area (Å²) >= 11 is 5.89. The van der Waals surface area contributed by atoms with Crippen molar-refractivity contribution in [3.05, 3.63) is 81.2 Å². The first kappa shape index (κ1) is 19.8. The standard InChI is InChI=1S/C20H17ClFN5O3/c21-14-5-3-6-15(10-14)23-17(28)12-27-20(30)26-9-8-25(19(29)18(26)24-27)11-13-4-1-2-7-16(13)22/h1-7,10H,8-9,11-12H2,(H,23,28). The van der Waals surface area contributed by atoms with Crippen molar-refractivity contribution in [3.63, 3.8) is 0 Å². The molecule has 154 valence electrons. The molecule has 4 rings (SSSR count). The number of anilines is 1. The monoisotopic (exact) mass is 429 g/mol. The number of carbonyl (C=O) groups is 2. The largest absolute Gasteiger partial charge is 0.346 e. The van der Waals surface area contributed by atoms with E-state index in [1.807, 2.05) is 0 Å². The maximum absolute atomic E-state index is 13.9. The van der Waals surface area contributed by atoms with Gasteiger partial charge in [0, 0.05) is 35.9 Å². The molecule has 0 spiro atoms. The number of halogens is 2. The quantitative estimate of drug-likeness (QED) is 0.673. The normalized spacial score (nSPS) is 13.3. The van der Waals surface area contributed by atoms with E-state index in [0.29, 0.717) is 16.3 Å². The molecule has 0 saturated carbocycles. The molecule has 3 aromatic rings. The molecule has 30 heavy (non-hydrogen) atoms. The highest BCUT2D eigenvalue weighted by Gasteiger charge is 2.30. The Morgan fingerprint density at radius 3 is 2.70 bits per heavy atom. The highest BCUT2D eigenvalue weighted by molar-refractivity contribution is 6.30. The number of nitrogens with one attached hydrogen (secondary N) is 1. The second-order valence-corrected chi connectivity index (χ2v) is 7.23. The molecule has 0 radical (unpaired) electrons. The lowest BCUT2D eigenvalue weighted by Crippen LogP contribution is -2.42. The number of fused-ring (bicyclic) bond motifs is 1. The zero-order valence-electron chi connectivity index (χ0n) is 15.7. The summed E-state index contributed by atoms with van der Waals surface area (Å²) in [6.45, 7) is 0.165. The van der Waals surface area contributed by atoms with Gasteiger partial charge in [0.15, 0.2) is 0 Å². The minimum absolute atomic E-state index is 0.0712. The Hall–Kier alpha value is -3.46. The fourth-order valence-electron chi connectivity index (χ4n) is 3.25. The zero-order chi connectivity index (χ0) is 21.3. The third-order valence-electron chi connectivity index (χ3n) is 4.72. The van der Waals surface area contributed by atoms with Crippen LogP contribution in [-0.2, 0) is 24.4 Å². The summed E-state index contributed by atoms with van der Waals surface area (Å²) in [5.41, 5.74) is 0.309. The van der Waals surface area contributed by atoms with Crippen molar-refractivity contribution >= 4 is 29.1 Å². The first-order valence-corrected chi connectivity index (χ1v) is 9.56. The van der Waals surface area contributed by atoms with Crippen molar-refractivity contribution in [1.29, 1.82) is 0 Å². The number of aromatic nitrogens is 3. The molecule has 8 nitrogen and oxygen atoms in total. The molecule has 1 N–H and O–H groups in total. The highest BCUT2D eigenvalue weighted by atomic mass is 35.5. The van der Waals surface area contributed by atoms with Crippen LogP contribution in [-0.4, -0.2) is 37.6 Å². The Labute approximate surface area is 175 Å². The highest BCUT2D eigenvalue weighted by Crippen LogP contribution is 2.16. The lowest BCUT2D eigenvalue weighted by Gasteiger charge is -2.26. The van der Waals surface area contributed by atoms with Crippen LogP contribution in [0.1, 0.15) is 16.2 Å². The maximum atomic E-state index is 13.9. The van der Waals surface area contributed by atoms with Gasteiger partial charge >= 0.3 is 5.69 Å². The molecule has 2 aromatic carbocycles. The molecule has 0 fully saturated rings. The molecule has 1 aromatic heterocycles. The van der Waals surface area contributed by atoms with Gasteiger partial charge in [-0.3, -0.25) is 14.2 Å². The van der Waals surface area contributed by atoms with Crippen LogP contribution < -0.4 is 11.0 Å². The van der Waals surface area contributed by atoms with E-state index in [0.717, 1.165) is 4.68 Å². The molecule has 0 aliphatic carbocycles. The van der Waals surface area contributed by atoms with E-state index in [2.05, 4.69) is 10.4 Å². The van der Waals surface area contributed by atoms with Crippen molar-refractivity contribution in [2.75, 3.05) is 11.9 Å². The molecule has 1 aliphatic heterocycles. The Balaban J connectivity index is 1.50. The first-order valence-electron chi connectivity index (χ1n) is 9.18. The number of nitrogens with zero attached hydrogens (tertiary/aromatic N) is 4. The first-order chi connectivity index (χ1) is 14.4. The topological polar surface area (TPSA) is 89.2 Å². The summed E-state index contributed by atoms with van der Waals surface area (Å²) < 4.78 is 16.1. The summed E-state index contributed by atoms with van der Waals surface area (Å²) in [5.74, 6) is -1.45. The van der Waals surface area contributed by atoms with Crippen molar-refractivity contribution in [2.45, 2.75) is 19.6 Å². The summed E-state index contributed by atoms with van der Waals surface area (Å²) in [5, 5.41) is 7.13. The average Bonchev–Trinajstić information content (AvgIpc) is 3.02. The lowest BCUT2D eigenvalue weighted by atomic mass is 10.2. The second kappa shape index (κ2) is 8.11. The molecule has 0 saturated heterocycles. The van der Waals surface area contributed by atoms with Crippen LogP contribution >= 0.6 is 11.6 Å². The van der Waals surface area contributed by atoms with Gasteiger partial charge in [0.2, 0.25) is 11.7 Å². The van der Waals surface area contributed by atoms with Crippen molar-refractivity contribution in [3.8, 4) is 0 Å². The molecule has 2 amide bonds. The van der Waals surface area contributed by atoms with E-state index >= 15 is 0 Å². The van der Waals surface area contributed by atoms with Gasteiger partial charge in [-0.25, -0.2) is 13.9 Å². The van der Waals surface area contributed by atoms with Crippen LogP contribution in [0, 0.1) is 5.82 Å². The molecule has 1 aliphatic rings. The predicted octanol–water partition coefficient (Wildman–Crippen LogP) is 2.13. The lowest BCUT2D eigenvalue weighted by molar-refractivity contribution is -0.117. The van der Waals surface area contributed by atoms with E-state index in [4.69, 9.17) is 11.6 Å². The molecule has 10 heteroatoms. The number of hydrogen-bond acceptors (Lipinski definition) is 4. The van der Waals surface area contributed by atoms with Gasteiger partial charge in [-0.15, -0.1) is 5.10 Å². The van der Waals surface area contributed by atoms with Gasteiger partial charge in [-0.2, -0.15) is 0 Å². The summed E-state index contributed by atoms with van der Waals surface area (Å²) in [6.07, 6.45) is 0. The number of carbonyl (C=O) groups excluding carboxylic acids is 2. The smallest absolute Gasteiger partial charge is 0.330 e. The molecule has 0 unspecified atom stereocenters. The van der Waals surface area contributed by atoms with E-state index in [1.165, 1.54) is 15.5 Å². The van der Waals surface area contributed by atoms with Gasteiger partial charge in [0.05, 0.1) is 0 Å². The van der Waals surface area contributed by atoms with Gasteiger partial charge in [-0.1, -0.05) is 35.9 Å². The van der Waals surface area contributed by atoms with Gasteiger partial charge in [0.25, 0.3) is 5.91 Å². The Morgan fingerprint density at radius 2 is 1.93 bits per heavy atom. The van der Waals surface area contributed by atoms with Crippen LogP contribution in [0.3, 0.4) is 0 Å². The molecule has 2 heterocycles. The predicted molar refractivity (Wildman–Crippen MR) is 108 cm³/mol. The van der Waals surface area contributed by atoms with Crippen LogP contribution in [0.25, 0.3) is 0 Å². The van der Waals surface area contributed by atoms with E-state index < -0.39 is 23.3 Å². The average molecular weight is 430 g/mol. The van der Waals surface area contributed by atoms with Crippen molar-refractivity contribution in [2.24, 2.45) is 0 Å². The molecular weight excluding hydrogens is 413 g/mol. The molecular formula is C20H17ClFN5O3. The Kier molecular flexibility index (Phi) is 5.37. The Morgan fingerprint density at radius 1 is 1.13 bits per heavy atom. The van der Waals surface area contributed by atoms with Gasteiger partial charge in [0.1, 0.15) is 12.4 Å². The fourth-order valence-corrected chi connectivity index (χ4v) is 3.44. The van der Waals surface area contributed by atoms with Crippen molar-refractivity contribution in [1.82, 2.24) is 19.2 Å². The van der Waals surface area contributed by atoms with Crippen molar-refractivity contribution < 1.29 is 14.0 Å². The molecule has 0 bridgehead atoms. The number of amides is 2.